The van der Waals surface area contributed by atoms with Crippen LogP contribution in [0.25, 0.3) is 0 Å². The summed E-state index contributed by atoms with van der Waals surface area (Å²) in [4.78, 5) is 10.1. The lowest BCUT2D eigenvalue weighted by Gasteiger charge is -2.22. The number of rotatable bonds is 4. The van der Waals surface area contributed by atoms with Gasteiger partial charge in [0.25, 0.3) is 6.36 Å². The minimum Gasteiger partial charge on any atom is -0.477 e. The van der Waals surface area contributed by atoms with E-state index in [1.54, 1.807) is 0 Å². The van der Waals surface area contributed by atoms with Crippen molar-refractivity contribution in [2.24, 2.45) is 5.92 Å². The normalized spacial score (nSPS) is 21.3. The molecule has 0 amide bonds. The van der Waals surface area contributed by atoms with Crippen LogP contribution in [0.15, 0.2) is 0 Å². The molecule has 0 aromatic carbocycles. The van der Waals surface area contributed by atoms with Crippen LogP contribution in [-0.2, 0) is 9.53 Å². The Balaban J connectivity index is 2.13. The molecule has 1 aliphatic rings. The molecule has 1 fully saturated rings. The summed E-state index contributed by atoms with van der Waals surface area (Å²) in [5.74, 6) is -1.26. The third kappa shape index (κ3) is 3.69. The fourth-order valence-corrected chi connectivity index (χ4v) is 1.34. The van der Waals surface area contributed by atoms with Gasteiger partial charge in [-0.2, -0.15) is 0 Å². The molecule has 76 valence electrons. The first kappa shape index (κ1) is 10.4. The van der Waals surface area contributed by atoms with E-state index in [9.17, 15) is 9.18 Å². The van der Waals surface area contributed by atoms with Gasteiger partial charge >= 0.3 is 5.97 Å². The quantitative estimate of drug-likeness (QED) is 0.674. The Hall–Kier alpha value is -0.680. The van der Waals surface area contributed by atoms with Crippen LogP contribution in [0.5, 0.6) is 0 Å². The maximum atomic E-state index is 12.4. The van der Waals surface area contributed by atoms with Crippen molar-refractivity contribution in [3.05, 3.63) is 0 Å². The van der Waals surface area contributed by atoms with Gasteiger partial charge < -0.3 is 15.2 Å². The highest BCUT2D eigenvalue weighted by molar-refractivity contribution is 5.70. The molecule has 1 aliphatic heterocycles. The molecule has 4 nitrogen and oxygen atoms in total. The second kappa shape index (κ2) is 5.14. The van der Waals surface area contributed by atoms with Gasteiger partial charge in [-0.15, -0.1) is 0 Å². The minimum absolute atomic E-state index is 0.204. The van der Waals surface area contributed by atoms with Crippen LogP contribution < -0.4 is 5.32 Å². The van der Waals surface area contributed by atoms with Crippen LogP contribution in [-0.4, -0.2) is 37.1 Å². The van der Waals surface area contributed by atoms with Crippen LogP contribution in [0.1, 0.15) is 12.8 Å². The topological polar surface area (TPSA) is 58.6 Å². The molecular formula is C8H14FNO3. The van der Waals surface area contributed by atoms with Crippen molar-refractivity contribution in [3.8, 4) is 0 Å². The van der Waals surface area contributed by atoms with Crippen LogP contribution >= 0.6 is 0 Å². The summed E-state index contributed by atoms with van der Waals surface area (Å²) in [5, 5.41) is 11.4. The highest BCUT2D eigenvalue weighted by atomic mass is 19.1. The van der Waals surface area contributed by atoms with Gasteiger partial charge in [-0.3, -0.25) is 0 Å². The zero-order chi connectivity index (χ0) is 9.68. The van der Waals surface area contributed by atoms with E-state index in [0.29, 0.717) is 5.92 Å². The molecule has 1 saturated heterocycles. The van der Waals surface area contributed by atoms with Gasteiger partial charge in [-0.05, 0) is 31.8 Å². The van der Waals surface area contributed by atoms with Crippen molar-refractivity contribution < 1.29 is 19.0 Å². The van der Waals surface area contributed by atoms with Crippen molar-refractivity contribution in [1.29, 1.82) is 0 Å². The summed E-state index contributed by atoms with van der Waals surface area (Å²) < 4.78 is 17.0. The van der Waals surface area contributed by atoms with E-state index in [1.165, 1.54) is 0 Å². The average molecular weight is 191 g/mol. The molecule has 0 aromatic heterocycles. The zero-order valence-electron chi connectivity index (χ0n) is 7.33. The van der Waals surface area contributed by atoms with Gasteiger partial charge in [0.05, 0.1) is 6.61 Å². The fourth-order valence-electron chi connectivity index (χ4n) is 1.34. The molecule has 0 spiro atoms. The Morgan fingerprint density at radius 2 is 2.23 bits per heavy atom. The molecule has 0 bridgehead atoms. The van der Waals surface area contributed by atoms with E-state index >= 15 is 0 Å². The Bertz CT molecular complexity index is 171. The summed E-state index contributed by atoms with van der Waals surface area (Å²) >= 11 is 0. The Labute approximate surface area is 76.1 Å². The van der Waals surface area contributed by atoms with E-state index in [2.05, 4.69) is 10.1 Å². The van der Waals surface area contributed by atoms with Crippen molar-refractivity contribution in [2.75, 3.05) is 19.7 Å². The Morgan fingerprint density at radius 3 is 2.77 bits per heavy atom. The smallest absolute Gasteiger partial charge is 0.366 e. The molecule has 13 heavy (non-hydrogen) atoms. The van der Waals surface area contributed by atoms with Gasteiger partial charge in [0.2, 0.25) is 0 Å². The highest BCUT2D eigenvalue weighted by Crippen LogP contribution is 2.12. The summed E-state index contributed by atoms with van der Waals surface area (Å²) in [5.41, 5.74) is 0. The van der Waals surface area contributed by atoms with Crippen molar-refractivity contribution in [3.63, 3.8) is 0 Å². The van der Waals surface area contributed by atoms with E-state index in [0.717, 1.165) is 25.9 Å². The van der Waals surface area contributed by atoms with Gasteiger partial charge in [-0.25, -0.2) is 9.18 Å². The molecule has 0 aliphatic carbocycles. The number of carboxylic acids is 1. The first-order valence-corrected chi connectivity index (χ1v) is 4.39. The lowest BCUT2D eigenvalue weighted by atomic mass is 9.99. The molecule has 2 N–H and O–H groups in total. The number of piperidine rings is 1. The lowest BCUT2D eigenvalue weighted by Crippen LogP contribution is -2.31. The van der Waals surface area contributed by atoms with Crippen LogP contribution in [0.2, 0.25) is 0 Å². The van der Waals surface area contributed by atoms with Gasteiger partial charge in [0.1, 0.15) is 0 Å². The molecule has 0 radical (unpaired) electrons. The molecule has 1 atom stereocenters. The predicted octanol–water partition coefficient (Wildman–Crippen LogP) is 0.383. The molecule has 1 heterocycles. The van der Waals surface area contributed by atoms with Gasteiger partial charge in [-0.1, -0.05) is 0 Å². The first-order chi connectivity index (χ1) is 6.20. The van der Waals surface area contributed by atoms with Crippen molar-refractivity contribution in [2.45, 2.75) is 19.2 Å². The molecule has 1 rings (SSSR count). The number of carboxylic acid groups (broad SMARTS) is 1. The minimum atomic E-state index is -2.17. The number of nitrogens with one attached hydrogen (secondary N) is 1. The maximum absolute atomic E-state index is 12.4. The summed E-state index contributed by atoms with van der Waals surface area (Å²) in [6.07, 6.45) is -0.325. The first-order valence-electron chi connectivity index (χ1n) is 4.39. The van der Waals surface area contributed by atoms with E-state index in [4.69, 9.17) is 5.11 Å². The van der Waals surface area contributed by atoms with Crippen molar-refractivity contribution >= 4 is 5.97 Å². The second-order valence-corrected chi connectivity index (χ2v) is 3.18. The van der Waals surface area contributed by atoms with Gasteiger partial charge in [0.15, 0.2) is 0 Å². The summed E-state index contributed by atoms with van der Waals surface area (Å²) in [6.45, 7) is 2.01. The Kier molecular flexibility index (Phi) is 4.11. The predicted molar refractivity (Wildman–Crippen MR) is 44.1 cm³/mol. The van der Waals surface area contributed by atoms with Crippen molar-refractivity contribution in [1.82, 2.24) is 5.32 Å². The average Bonchev–Trinajstić information content (AvgIpc) is 2.15. The third-order valence-electron chi connectivity index (χ3n) is 2.13. The molecule has 5 heteroatoms. The monoisotopic (exact) mass is 191 g/mol. The summed E-state index contributed by atoms with van der Waals surface area (Å²) in [6, 6.07) is 0. The number of halogens is 1. The standard InChI is InChI=1S/C8H14FNO3/c9-7(8(11)12)13-5-6-1-3-10-4-2-6/h6-7,10H,1-5H2,(H,11,12). The van der Waals surface area contributed by atoms with E-state index < -0.39 is 12.3 Å². The van der Waals surface area contributed by atoms with Crippen LogP contribution in [0.4, 0.5) is 4.39 Å². The fraction of sp³-hybridized carbons (Fsp3) is 0.875. The van der Waals surface area contributed by atoms with Crippen LogP contribution in [0, 0.1) is 5.92 Å². The van der Waals surface area contributed by atoms with Crippen LogP contribution in [0.3, 0.4) is 0 Å². The van der Waals surface area contributed by atoms with Gasteiger partial charge in [0, 0.05) is 0 Å². The molecule has 1 unspecified atom stereocenters. The zero-order valence-corrected chi connectivity index (χ0v) is 7.33. The lowest BCUT2D eigenvalue weighted by molar-refractivity contribution is -0.164. The Morgan fingerprint density at radius 1 is 1.62 bits per heavy atom. The molecule has 0 saturated carbocycles. The SMILES string of the molecule is O=C(O)C(F)OCC1CCNCC1. The number of alkyl halides is 1. The molecule has 0 aromatic rings. The highest BCUT2D eigenvalue weighted by Gasteiger charge is 2.19. The molecular weight excluding hydrogens is 177 g/mol. The second-order valence-electron chi connectivity index (χ2n) is 3.18. The number of aliphatic carboxylic acids is 1. The van der Waals surface area contributed by atoms with E-state index in [1.807, 2.05) is 0 Å². The number of ether oxygens (including phenoxy) is 1. The number of hydrogen-bond acceptors (Lipinski definition) is 3. The van der Waals surface area contributed by atoms with E-state index in [-0.39, 0.29) is 6.61 Å². The number of hydrogen-bond donors (Lipinski definition) is 2. The summed E-state index contributed by atoms with van der Waals surface area (Å²) in [7, 11) is 0. The number of carbonyl (C=O) groups is 1. The largest absolute Gasteiger partial charge is 0.477 e. The third-order valence-corrected chi connectivity index (χ3v) is 2.13. The maximum Gasteiger partial charge on any atom is 0.366 e.